The summed E-state index contributed by atoms with van der Waals surface area (Å²) in [5.74, 6) is 0.0994. The van der Waals surface area contributed by atoms with Crippen molar-refractivity contribution in [3.63, 3.8) is 0 Å². The summed E-state index contributed by atoms with van der Waals surface area (Å²) in [5, 5.41) is 3.36. The Hall–Kier alpha value is -2.56. The van der Waals surface area contributed by atoms with Gasteiger partial charge in [-0.2, -0.15) is 0 Å². The second kappa shape index (κ2) is 7.77. The average molecular weight is 355 g/mol. The first kappa shape index (κ1) is 18.2. The van der Waals surface area contributed by atoms with E-state index in [2.05, 4.69) is 5.32 Å². The predicted octanol–water partition coefficient (Wildman–Crippen LogP) is 3.62. The highest BCUT2D eigenvalue weighted by atomic mass is 16.5. The van der Waals surface area contributed by atoms with Gasteiger partial charge in [0.05, 0.1) is 19.3 Å². The van der Waals surface area contributed by atoms with Crippen molar-refractivity contribution in [3.05, 3.63) is 52.4 Å². The molecule has 2 aliphatic rings. The van der Waals surface area contributed by atoms with E-state index in [1.54, 1.807) is 14.0 Å². The van der Waals surface area contributed by atoms with Crippen LogP contribution in [0.1, 0.15) is 51.0 Å². The third-order valence-corrected chi connectivity index (χ3v) is 4.96. The Morgan fingerprint density at radius 3 is 2.54 bits per heavy atom. The fourth-order valence-corrected chi connectivity index (χ4v) is 3.75. The molecule has 1 aliphatic carbocycles. The minimum absolute atomic E-state index is 0.108. The van der Waals surface area contributed by atoms with Crippen LogP contribution in [-0.4, -0.2) is 25.5 Å². The molecule has 1 heterocycles. The zero-order valence-electron chi connectivity index (χ0n) is 15.6. The number of hydrogen-bond donors (Lipinski definition) is 1. The molecule has 1 aromatic rings. The van der Waals surface area contributed by atoms with Crippen LogP contribution in [0, 0.1) is 0 Å². The van der Waals surface area contributed by atoms with Crippen molar-refractivity contribution in [1.82, 2.24) is 5.32 Å². The monoisotopic (exact) mass is 355 g/mol. The number of ether oxygens (including phenoxy) is 2. The number of dihydropyridines is 1. The molecular formula is C21H25NO4. The average Bonchev–Trinajstić information content (AvgIpc) is 2.67. The lowest BCUT2D eigenvalue weighted by atomic mass is 9.75. The van der Waals surface area contributed by atoms with Crippen molar-refractivity contribution in [2.24, 2.45) is 0 Å². The number of methoxy groups -OCH3 is 1. The van der Waals surface area contributed by atoms with Gasteiger partial charge in [-0.15, -0.1) is 0 Å². The highest BCUT2D eigenvalue weighted by Crippen LogP contribution is 2.43. The molecule has 0 saturated carbocycles. The van der Waals surface area contributed by atoms with E-state index >= 15 is 0 Å². The Kier molecular flexibility index (Phi) is 5.45. The minimum Gasteiger partial charge on any atom is -0.497 e. The summed E-state index contributed by atoms with van der Waals surface area (Å²) in [5.41, 5.74) is 3.96. The van der Waals surface area contributed by atoms with Crippen LogP contribution < -0.4 is 10.1 Å². The van der Waals surface area contributed by atoms with Crippen molar-refractivity contribution in [1.29, 1.82) is 0 Å². The number of allylic oxidation sites excluding steroid dienone is 3. The van der Waals surface area contributed by atoms with Gasteiger partial charge in [0.2, 0.25) is 0 Å². The Balaban J connectivity index is 2.16. The van der Waals surface area contributed by atoms with Gasteiger partial charge in [0, 0.05) is 29.3 Å². The number of esters is 1. The topological polar surface area (TPSA) is 64.6 Å². The minimum atomic E-state index is -0.390. The number of carbonyl (C=O) groups is 2. The van der Waals surface area contributed by atoms with Gasteiger partial charge < -0.3 is 14.8 Å². The van der Waals surface area contributed by atoms with E-state index in [0.717, 1.165) is 35.5 Å². The fraction of sp³-hybridized carbons (Fsp3) is 0.429. The first-order valence-corrected chi connectivity index (χ1v) is 9.18. The second-order valence-electron chi connectivity index (χ2n) is 6.47. The van der Waals surface area contributed by atoms with E-state index in [-0.39, 0.29) is 17.7 Å². The maximum Gasteiger partial charge on any atom is 0.336 e. The first-order chi connectivity index (χ1) is 12.6. The number of benzene rings is 1. The maximum atomic E-state index is 12.8. The molecule has 0 bridgehead atoms. The van der Waals surface area contributed by atoms with Gasteiger partial charge in [0.25, 0.3) is 0 Å². The number of carbonyl (C=O) groups excluding carboxylic acids is 2. The highest BCUT2D eigenvalue weighted by molar-refractivity contribution is 6.03. The van der Waals surface area contributed by atoms with E-state index in [1.165, 1.54) is 0 Å². The molecule has 1 unspecified atom stereocenters. The van der Waals surface area contributed by atoms with Crippen LogP contribution in [0.25, 0.3) is 0 Å². The molecule has 1 N–H and O–H groups in total. The van der Waals surface area contributed by atoms with Gasteiger partial charge in [-0.25, -0.2) is 4.79 Å². The van der Waals surface area contributed by atoms with Crippen molar-refractivity contribution >= 4 is 11.8 Å². The molecule has 3 rings (SSSR count). The van der Waals surface area contributed by atoms with Crippen LogP contribution in [0.4, 0.5) is 0 Å². The van der Waals surface area contributed by atoms with Gasteiger partial charge in [-0.1, -0.05) is 19.1 Å². The van der Waals surface area contributed by atoms with Gasteiger partial charge in [-0.3, -0.25) is 4.79 Å². The molecule has 5 nitrogen and oxygen atoms in total. The molecule has 0 fully saturated rings. The second-order valence-corrected chi connectivity index (χ2v) is 6.47. The third-order valence-electron chi connectivity index (χ3n) is 4.96. The number of hydrogen-bond acceptors (Lipinski definition) is 5. The SMILES string of the molecule is CCOC(=O)C1=C(CC)NC2=C(C(=O)CCC2)C1c1ccc(OC)cc1. The van der Waals surface area contributed by atoms with Crippen molar-refractivity contribution in [2.75, 3.05) is 13.7 Å². The zero-order chi connectivity index (χ0) is 18.7. The Morgan fingerprint density at radius 2 is 1.92 bits per heavy atom. The molecule has 26 heavy (non-hydrogen) atoms. The zero-order valence-corrected chi connectivity index (χ0v) is 15.6. The predicted molar refractivity (Wildman–Crippen MR) is 98.7 cm³/mol. The van der Waals surface area contributed by atoms with Gasteiger partial charge in [0.1, 0.15) is 5.75 Å². The summed E-state index contributed by atoms with van der Waals surface area (Å²) in [4.78, 5) is 25.5. The molecule has 0 radical (unpaired) electrons. The van der Waals surface area contributed by atoms with Crippen molar-refractivity contribution < 1.29 is 19.1 Å². The highest BCUT2D eigenvalue weighted by Gasteiger charge is 2.39. The molecule has 1 aliphatic heterocycles. The van der Waals surface area contributed by atoms with Crippen LogP contribution in [0.2, 0.25) is 0 Å². The van der Waals surface area contributed by atoms with Crippen molar-refractivity contribution in [2.45, 2.75) is 45.4 Å². The smallest absolute Gasteiger partial charge is 0.336 e. The molecule has 0 spiro atoms. The van der Waals surface area contributed by atoms with Gasteiger partial charge >= 0.3 is 5.97 Å². The molecule has 1 aromatic carbocycles. The van der Waals surface area contributed by atoms with E-state index in [4.69, 9.17) is 9.47 Å². The molecule has 0 aromatic heterocycles. The normalized spacial score (nSPS) is 19.8. The van der Waals surface area contributed by atoms with Crippen LogP contribution >= 0.6 is 0 Å². The Labute approximate surface area is 154 Å². The van der Waals surface area contributed by atoms with E-state index in [1.807, 2.05) is 31.2 Å². The summed E-state index contributed by atoms with van der Waals surface area (Å²) < 4.78 is 10.6. The Morgan fingerprint density at radius 1 is 1.19 bits per heavy atom. The summed E-state index contributed by atoms with van der Waals surface area (Å²) in [6, 6.07) is 7.57. The van der Waals surface area contributed by atoms with Gasteiger partial charge in [-0.05, 0) is 43.9 Å². The lowest BCUT2D eigenvalue weighted by molar-refractivity contribution is -0.138. The van der Waals surface area contributed by atoms with Crippen molar-refractivity contribution in [3.8, 4) is 5.75 Å². The van der Waals surface area contributed by atoms with E-state index in [0.29, 0.717) is 30.6 Å². The maximum absolute atomic E-state index is 12.8. The number of ketones is 1. The molecule has 0 saturated heterocycles. The molecule has 5 heteroatoms. The quantitative estimate of drug-likeness (QED) is 0.818. The third kappa shape index (κ3) is 3.26. The van der Waals surface area contributed by atoms with E-state index < -0.39 is 0 Å². The Bertz CT molecular complexity index is 774. The molecular weight excluding hydrogens is 330 g/mol. The van der Waals surface area contributed by atoms with Crippen LogP contribution in [0.5, 0.6) is 5.75 Å². The number of Topliss-reactive ketones (excluding diaryl/α,β-unsaturated/α-hetero) is 1. The van der Waals surface area contributed by atoms with Gasteiger partial charge in [0.15, 0.2) is 5.78 Å². The number of rotatable bonds is 5. The summed E-state index contributed by atoms with van der Waals surface area (Å²) >= 11 is 0. The molecule has 0 amide bonds. The van der Waals surface area contributed by atoms with E-state index in [9.17, 15) is 9.59 Å². The van der Waals surface area contributed by atoms with Crippen LogP contribution in [0.3, 0.4) is 0 Å². The largest absolute Gasteiger partial charge is 0.497 e. The molecule has 138 valence electrons. The lowest BCUT2D eigenvalue weighted by Crippen LogP contribution is -2.35. The molecule has 1 atom stereocenters. The summed E-state index contributed by atoms with van der Waals surface area (Å²) in [6.07, 6.45) is 2.86. The summed E-state index contributed by atoms with van der Waals surface area (Å²) in [7, 11) is 1.62. The van der Waals surface area contributed by atoms with Crippen LogP contribution in [0.15, 0.2) is 46.8 Å². The fourth-order valence-electron chi connectivity index (χ4n) is 3.75. The number of nitrogens with one attached hydrogen (secondary N) is 1. The first-order valence-electron chi connectivity index (χ1n) is 9.18. The standard InChI is InChI=1S/C21H25NO4/c1-4-15-20(21(24)26-5-2)18(13-9-11-14(25-3)12-10-13)19-16(22-15)7-6-8-17(19)23/h9-12,18,22H,4-8H2,1-3H3. The summed E-state index contributed by atoms with van der Waals surface area (Å²) in [6.45, 7) is 4.09. The lowest BCUT2D eigenvalue weighted by Gasteiger charge is -2.34. The van der Waals surface area contributed by atoms with Crippen LogP contribution in [-0.2, 0) is 14.3 Å².